The fourth-order valence-corrected chi connectivity index (χ4v) is 5.44. The molecular formula is C38H72O6. The lowest BCUT2D eigenvalue weighted by atomic mass is 10.1. The number of hydrogen-bond acceptors (Lipinski definition) is 6. The third-order valence-electron chi connectivity index (χ3n) is 8.36. The summed E-state index contributed by atoms with van der Waals surface area (Å²) in [5.41, 5.74) is 0. The van der Waals surface area contributed by atoms with Gasteiger partial charge in [-0.15, -0.1) is 0 Å². The van der Waals surface area contributed by atoms with Gasteiger partial charge in [0.05, 0.1) is 0 Å². The summed E-state index contributed by atoms with van der Waals surface area (Å²) in [7, 11) is 0. The summed E-state index contributed by atoms with van der Waals surface area (Å²) in [6.45, 7) is 6.52. The topological polar surface area (TPSA) is 78.9 Å². The Labute approximate surface area is 272 Å². The molecular weight excluding hydrogens is 552 g/mol. The molecule has 0 heterocycles. The highest BCUT2D eigenvalue weighted by atomic mass is 16.6. The number of unbranched alkanes of at least 4 members (excludes halogenated alkanes) is 23. The highest BCUT2D eigenvalue weighted by Gasteiger charge is 2.19. The van der Waals surface area contributed by atoms with E-state index in [4.69, 9.17) is 14.2 Å². The van der Waals surface area contributed by atoms with E-state index in [0.717, 1.165) is 64.2 Å². The van der Waals surface area contributed by atoms with E-state index in [-0.39, 0.29) is 31.1 Å². The van der Waals surface area contributed by atoms with Gasteiger partial charge in [-0.3, -0.25) is 14.4 Å². The maximum atomic E-state index is 12.5. The molecule has 0 aromatic carbocycles. The van der Waals surface area contributed by atoms with Crippen molar-refractivity contribution in [2.75, 3.05) is 13.2 Å². The number of ether oxygens (including phenoxy) is 3. The summed E-state index contributed by atoms with van der Waals surface area (Å²) in [6, 6.07) is 0. The zero-order valence-corrected chi connectivity index (χ0v) is 29.4. The largest absolute Gasteiger partial charge is 0.462 e. The van der Waals surface area contributed by atoms with Crippen molar-refractivity contribution < 1.29 is 28.6 Å². The molecule has 6 heteroatoms. The number of carbonyl (C=O) groups is 3. The maximum Gasteiger partial charge on any atom is 0.306 e. The summed E-state index contributed by atoms with van der Waals surface area (Å²) in [5.74, 6) is -0.880. The second kappa shape index (κ2) is 34.3. The molecule has 260 valence electrons. The van der Waals surface area contributed by atoms with Crippen molar-refractivity contribution in [3.8, 4) is 0 Å². The van der Waals surface area contributed by atoms with Crippen LogP contribution < -0.4 is 0 Å². The molecule has 0 spiro atoms. The Morgan fingerprint density at radius 1 is 0.364 bits per heavy atom. The molecule has 0 aromatic rings. The van der Waals surface area contributed by atoms with Crippen LogP contribution in [0.5, 0.6) is 0 Å². The molecule has 0 saturated heterocycles. The molecule has 0 bridgehead atoms. The molecule has 0 saturated carbocycles. The molecule has 1 unspecified atom stereocenters. The van der Waals surface area contributed by atoms with Crippen LogP contribution in [0, 0.1) is 0 Å². The van der Waals surface area contributed by atoms with Gasteiger partial charge >= 0.3 is 17.9 Å². The van der Waals surface area contributed by atoms with Crippen LogP contribution in [0.4, 0.5) is 0 Å². The van der Waals surface area contributed by atoms with Crippen LogP contribution in [0.2, 0.25) is 0 Å². The maximum absolute atomic E-state index is 12.5. The van der Waals surface area contributed by atoms with E-state index in [0.29, 0.717) is 19.3 Å². The zero-order chi connectivity index (χ0) is 32.4. The Hall–Kier alpha value is -1.59. The van der Waals surface area contributed by atoms with Crippen molar-refractivity contribution in [1.29, 1.82) is 0 Å². The quantitative estimate of drug-likeness (QED) is 0.0402. The smallest absolute Gasteiger partial charge is 0.306 e. The number of hydrogen-bond donors (Lipinski definition) is 0. The van der Waals surface area contributed by atoms with Crippen molar-refractivity contribution in [3.63, 3.8) is 0 Å². The lowest BCUT2D eigenvalue weighted by Gasteiger charge is -2.18. The van der Waals surface area contributed by atoms with Crippen LogP contribution in [-0.4, -0.2) is 37.2 Å². The molecule has 0 N–H and O–H groups in total. The second-order valence-electron chi connectivity index (χ2n) is 12.9. The highest BCUT2D eigenvalue weighted by molar-refractivity contribution is 5.71. The Morgan fingerprint density at radius 2 is 0.614 bits per heavy atom. The van der Waals surface area contributed by atoms with Crippen LogP contribution in [0.3, 0.4) is 0 Å². The molecule has 0 fully saturated rings. The molecule has 0 aromatic heterocycles. The molecule has 1 atom stereocenters. The first-order chi connectivity index (χ1) is 21.5. The summed E-state index contributed by atoms with van der Waals surface area (Å²) in [6.07, 6.45) is 31.1. The van der Waals surface area contributed by atoms with Gasteiger partial charge < -0.3 is 14.2 Å². The third kappa shape index (κ3) is 31.8. The van der Waals surface area contributed by atoms with Crippen LogP contribution in [0.25, 0.3) is 0 Å². The lowest BCUT2D eigenvalue weighted by Crippen LogP contribution is -2.30. The molecule has 0 aliphatic rings. The fourth-order valence-electron chi connectivity index (χ4n) is 5.44. The van der Waals surface area contributed by atoms with Crippen LogP contribution >= 0.6 is 0 Å². The van der Waals surface area contributed by atoms with Crippen molar-refractivity contribution in [3.05, 3.63) is 0 Å². The first-order valence-corrected chi connectivity index (χ1v) is 19.0. The predicted molar refractivity (Wildman–Crippen MR) is 183 cm³/mol. The van der Waals surface area contributed by atoms with Gasteiger partial charge in [0.15, 0.2) is 6.10 Å². The lowest BCUT2D eigenvalue weighted by molar-refractivity contribution is -0.167. The van der Waals surface area contributed by atoms with E-state index in [1.807, 2.05) is 0 Å². The number of rotatable bonds is 34. The summed E-state index contributed by atoms with van der Waals surface area (Å²) >= 11 is 0. The van der Waals surface area contributed by atoms with E-state index in [1.165, 1.54) is 103 Å². The first-order valence-electron chi connectivity index (χ1n) is 19.0. The average molecular weight is 625 g/mol. The normalized spacial score (nSPS) is 11.8. The van der Waals surface area contributed by atoms with E-state index >= 15 is 0 Å². The van der Waals surface area contributed by atoms with Crippen molar-refractivity contribution in [2.45, 2.75) is 213 Å². The number of esters is 3. The molecule has 0 rings (SSSR count). The zero-order valence-electron chi connectivity index (χ0n) is 29.4. The second-order valence-corrected chi connectivity index (χ2v) is 12.9. The Morgan fingerprint density at radius 3 is 0.909 bits per heavy atom. The fraction of sp³-hybridized carbons (Fsp3) is 0.921. The molecule has 0 aliphatic carbocycles. The van der Waals surface area contributed by atoms with Gasteiger partial charge in [-0.2, -0.15) is 0 Å². The van der Waals surface area contributed by atoms with Crippen LogP contribution in [-0.2, 0) is 28.6 Å². The predicted octanol–water partition coefficient (Wildman–Crippen LogP) is 11.4. The SMILES string of the molecule is CCCCCCCCCCCCCC(=O)OCC(COC(=O)CCCCCCC)OC(=O)CCCCCCCCCCCC. The Kier molecular flexibility index (Phi) is 33.0. The minimum Gasteiger partial charge on any atom is -0.462 e. The Balaban J connectivity index is 4.27. The van der Waals surface area contributed by atoms with E-state index in [1.54, 1.807) is 0 Å². The van der Waals surface area contributed by atoms with E-state index in [2.05, 4.69) is 20.8 Å². The molecule has 44 heavy (non-hydrogen) atoms. The minimum atomic E-state index is -0.754. The monoisotopic (exact) mass is 625 g/mol. The van der Waals surface area contributed by atoms with Crippen LogP contribution in [0.1, 0.15) is 207 Å². The molecule has 0 radical (unpaired) electrons. The highest BCUT2D eigenvalue weighted by Crippen LogP contribution is 2.14. The van der Waals surface area contributed by atoms with Gasteiger partial charge in [-0.25, -0.2) is 0 Å². The van der Waals surface area contributed by atoms with Gasteiger partial charge in [0.1, 0.15) is 13.2 Å². The van der Waals surface area contributed by atoms with Gasteiger partial charge in [0.2, 0.25) is 0 Å². The number of carbonyl (C=O) groups excluding carboxylic acids is 3. The Bertz CT molecular complexity index is 649. The summed E-state index contributed by atoms with van der Waals surface area (Å²) < 4.78 is 16.5. The van der Waals surface area contributed by atoms with Gasteiger partial charge in [0.25, 0.3) is 0 Å². The standard InChI is InChI=1S/C38H72O6/c1-4-7-10-13-15-17-19-21-22-25-28-31-37(40)43-34-35(33-42-36(39)30-27-24-12-9-6-3)44-38(41)32-29-26-23-20-18-16-14-11-8-5-2/h35H,4-34H2,1-3H3. The average Bonchev–Trinajstić information content (AvgIpc) is 3.02. The first kappa shape index (κ1) is 42.4. The van der Waals surface area contributed by atoms with Crippen molar-refractivity contribution in [2.24, 2.45) is 0 Å². The summed E-state index contributed by atoms with van der Waals surface area (Å²) in [4.78, 5) is 37.1. The third-order valence-corrected chi connectivity index (χ3v) is 8.36. The van der Waals surface area contributed by atoms with E-state index < -0.39 is 6.10 Å². The molecule has 0 amide bonds. The summed E-state index contributed by atoms with van der Waals surface area (Å²) in [5, 5.41) is 0. The van der Waals surface area contributed by atoms with Gasteiger partial charge in [-0.1, -0.05) is 168 Å². The molecule has 6 nitrogen and oxygen atoms in total. The van der Waals surface area contributed by atoms with Crippen LogP contribution in [0.15, 0.2) is 0 Å². The van der Waals surface area contributed by atoms with Gasteiger partial charge in [0, 0.05) is 19.3 Å². The molecule has 0 aliphatic heterocycles. The van der Waals surface area contributed by atoms with E-state index in [9.17, 15) is 14.4 Å². The minimum absolute atomic E-state index is 0.0651. The van der Waals surface area contributed by atoms with Crippen molar-refractivity contribution in [1.82, 2.24) is 0 Å². The van der Waals surface area contributed by atoms with Crippen molar-refractivity contribution >= 4 is 17.9 Å². The van der Waals surface area contributed by atoms with Gasteiger partial charge in [-0.05, 0) is 19.3 Å².